The van der Waals surface area contributed by atoms with Gasteiger partial charge in [-0.15, -0.1) is 0 Å². The van der Waals surface area contributed by atoms with Gasteiger partial charge in [0.15, 0.2) is 0 Å². The maximum atomic E-state index is 12.2. The number of carbonyl (C=O) groups is 1. The van der Waals surface area contributed by atoms with E-state index >= 15 is 0 Å². The van der Waals surface area contributed by atoms with E-state index in [1.807, 2.05) is 13.1 Å². The molecular formula is C15H13N3OUV-2. The number of nitrogens with one attached hydrogen (secondary N) is 1. The van der Waals surface area contributed by atoms with Gasteiger partial charge in [0.1, 0.15) is 0 Å². The second-order valence-electron chi connectivity index (χ2n) is 4.64. The van der Waals surface area contributed by atoms with Gasteiger partial charge in [0.25, 0.3) is 0 Å². The van der Waals surface area contributed by atoms with Gasteiger partial charge in [-0.3, -0.25) is 22.0 Å². The van der Waals surface area contributed by atoms with Crippen molar-refractivity contribution in [2.45, 2.75) is 25.8 Å². The minimum absolute atomic E-state index is 0. The Morgan fingerprint density at radius 1 is 1.57 bits per heavy atom. The molecule has 3 rings (SSSR count). The summed E-state index contributed by atoms with van der Waals surface area (Å²) in [4.78, 5) is 20.2. The molecule has 6 heteroatoms. The molecule has 0 saturated carbocycles. The number of aromatic nitrogens is 2. The van der Waals surface area contributed by atoms with Crippen molar-refractivity contribution >= 4 is 5.91 Å². The van der Waals surface area contributed by atoms with Crippen LogP contribution < -0.4 is 5.32 Å². The summed E-state index contributed by atoms with van der Waals surface area (Å²) < 4.78 is 7.60. The summed E-state index contributed by atoms with van der Waals surface area (Å²) in [6.45, 7) is 2.01. The molecule has 1 unspecified atom stereocenters. The third-order valence-electron chi connectivity index (χ3n) is 3.22. The van der Waals surface area contributed by atoms with Crippen LogP contribution >= 0.6 is 0 Å². The zero-order chi connectivity index (χ0) is 14.1. The molecule has 1 amide bonds. The molecule has 1 aliphatic rings. The molecule has 1 N–H and O–H groups in total. The van der Waals surface area contributed by atoms with E-state index in [-0.39, 0.29) is 73.4 Å². The summed E-state index contributed by atoms with van der Waals surface area (Å²) in [7, 11) is 0. The molecule has 2 aromatic heterocycles. The van der Waals surface area contributed by atoms with Gasteiger partial charge in [-0.25, -0.2) is 0 Å². The van der Waals surface area contributed by atoms with Gasteiger partial charge in [-0.2, -0.15) is 11.7 Å². The minimum atomic E-state index is -0.336. The van der Waals surface area contributed by atoms with Crippen LogP contribution in [0.5, 0.6) is 0 Å². The van der Waals surface area contributed by atoms with Crippen molar-refractivity contribution in [3.05, 3.63) is 59.1 Å². The smallest absolute Gasteiger partial charge is 0.205 e. The Morgan fingerprint density at radius 3 is 3.14 bits per heavy atom. The number of rotatable bonds is 2. The Balaban J connectivity index is 0.00000121. The van der Waals surface area contributed by atoms with Crippen molar-refractivity contribution in [3.63, 3.8) is 0 Å². The van der Waals surface area contributed by atoms with Gasteiger partial charge < -0.3 is 16.4 Å². The summed E-state index contributed by atoms with van der Waals surface area (Å²) in [6, 6.07) is 6.12. The summed E-state index contributed by atoms with van der Waals surface area (Å²) in [5.41, 5.74) is 3.38. The van der Waals surface area contributed by atoms with Crippen molar-refractivity contribution in [3.8, 4) is 0 Å². The molecule has 0 aliphatic heterocycles. The van der Waals surface area contributed by atoms with E-state index in [0.29, 0.717) is 0 Å². The third-order valence-corrected chi connectivity index (χ3v) is 3.22. The summed E-state index contributed by atoms with van der Waals surface area (Å²) in [5.74, 6) is -0.336. The minimum Gasteiger partial charge on any atom is -0.528 e. The fourth-order valence-electron chi connectivity index (χ4n) is 2.34. The Morgan fingerprint density at radius 2 is 2.38 bits per heavy atom. The molecule has 0 fully saturated rings. The first-order chi connectivity index (χ1) is 9.65. The zero-order valence-electron chi connectivity index (χ0n) is 12.5. The summed E-state index contributed by atoms with van der Waals surface area (Å²) in [5, 5.41) is 2.91. The molecule has 1 radical (unpaired) electrons. The van der Waals surface area contributed by atoms with Gasteiger partial charge in [0, 0.05) is 55.9 Å². The van der Waals surface area contributed by atoms with Crippen molar-refractivity contribution in [2.75, 3.05) is 0 Å². The van der Waals surface area contributed by atoms with Crippen LogP contribution in [0.1, 0.15) is 41.0 Å². The van der Waals surface area contributed by atoms with Gasteiger partial charge in [-0.05, 0) is 30.9 Å². The van der Waals surface area contributed by atoms with E-state index in [0.717, 1.165) is 24.1 Å². The maximum absolute atomic E-state index is 12.2. The number of pyridine rings is 2. The van der Waals surface area contributed by atoms with Gasteiger partial charge in [0.05, 0.1) is 11.7 Å². The van der Waals surface area contributed by atoms with Crippen LogP contribution in [0.4, 0.5) is 0 Å². The summed E-state index contributed by atoms with van der Waals surface area (Å²) >= 11 is 0. The Kier molecular flexibility index (Phi) is 6.51. The SMILES string of the molecule is [3H]c1n[c-]c[c-]c1C(=O)NC1CCc2cc(C)cnc21.[U].[V]. The van der Waals surface area contributed by atoms with E-state index in [4.69, 9.17) is 1.37 Å². The normalized spacial score (nSPS) is 16.0. The van der Waals surface area contributed by atoms with Crippen molar-refractivity contribution in [2.24, 2.45) is 0 Å². The number of nitrogens with zero attached hydrogens (tertiary/aromatic N) is 2. The first-order valence-electron chi connectivity index (χ1n) is 6.67. The van der Waals surface area contributed by atoms with Gasteiger partial charge in [-0.1, -0.05) is 7.44 Å². The van der Waals surface area contributed by atoms with Crippen molar-refractivity contribution < 1.29 is 55.8 Å². The number of amides is 1. The molecule has 1 atom stereocenters. The Hall–Kier alpha value is -0.594. The number of hydrogen-bond acceptors (Lipinski definition) is 3. The largest absolute Gasteiger partial charge is 0.528 e. The van der Waals surface area contributed by atoms with Crippen LogP contribution in [0, 0.1) is 50.3 Å². The molecule has 4 nitrogen and oxygen atoms in total. The first-order valence-corrected chi connectivity index (χ1v) is 6.17. The van der Waals surface area contributed by atoms with Crippen LogP contribution in [0.3, 0.4) is 0 Å². The molecule has 105 valence electrons. The second kappa shape index (κ2) is 8.15. The molecule has 0 saturated heterocycles. The van der Waals surface area contributed by atoms with E-state index in [1.165, 1.54) is 11.6 Å². The Labute approximate surface area is 161 Å². The second-order valence-corrected chi connectivity index (χ2v) is 4.64. The van der Waals surface area contributed by atoms with E-state index in [2.05, 4.69) is 33.6 Å². The van der Waals surface area contributed by atoms with E-state index in [1.54, 1.807) is 0 Å². The predicted molar refractivity (Wildman–Crippen MR) is 69.4 cm³/mol. The monoisotopic (exact) mass is 542 g/mol. The average molecular weight is 542 g/mol. The van der Waals surface area contributed by atoms with Gasteiger partial charge >= 0.3 is 0 Å². The van der Waals surface area contributed by atoms with Crippen LogP contribution in [0.25, 0.3) is 0 Å². The van der Waals surface area contributed by atoms with E-state index < -0.39 is 0 Å². The molecule has 0 spiro atoms. The number of aryl methyl sites for hydroxylation is 2. The quantitative estimate of drug-likeness (QED) is 0.590. The standard InChI is InChI=1S/C15H13N3O.U.V/c1-10-7-11-4-5-13(14(11)17-8-10)18-15(19)12-3-2-6-16-9-12;;/h2,7-9,13H,4-5H2,1H3,(H,18,19);;/q-2;;/i9T;;. The number of hydrogen-bond donors (Lipinski definition) is 1. The zero-order valence-corrected chi connectivity index (χ0v) is 17.0. The average Bonchev–Trinajstić information content (AvgIpc) is 2.81. The molecule has 0 bridgehead atoms. The van der Waals surface area contributed by atoms with Crippen LogP contribution in [-0.2, 0) is 25.0 Å². The molecule has 2 aromatic rings. The molecule has 21 heavy (non-hydrogen) atoms. The third kappa shape index (κ3) is 4.20. The van der Waals surface area contributed by atoms with E-state index in [9.17, 15) is 4.79 Å². The van der Waals surface area contributed by atoms with Crippen LogP contribution in [-0.4, -0.2) is 15.9 Å². The Bertz CT molecular complexity index is 684. The van der Waals surface area contributed by atoms with Crippen molar-refractivity contribution in [1.82, 2.24) is 15.3 Å². The first kappa shape index (κ1) is 16.8. The molecule has 2 heterocycles. The number of carbonyl (C=O) groups excluding carboxylic acids is 1. The van der Waals surface area contributed by atoms with Gasteiger partial charge in [0.2, 0.25) is 5.91 Å². The molecule has 0 aromatic carbocycles. The molecule has 1 aliphatic carbocycles. The fraction of sp³-hybridized carbons (Fsp3) is 0.267. The number of fused-ring (bicyclic) bond motifs is 1. The van der Waals surface area contributed by atoms with Crippen molar-refractivity contribution in [1.29, 1.82) is 0 Å². The maximum Gasteiger partial charge on any atom is 0.205 e. The summed E-state index contributed by atoms with van der Waals surface area (Å²) in [6.07, 6.45) is 5.93. The van der Waals surface area contributed by atoms with Crippen LogP contribution in [0.2, 0.25) is 0 Å². The predicted octanol–water partition coefficient (Wildman–Crippen LogP) is 1.80. The molecular weight excluding hydrogens is 527 g/mol. The fourth-order valence-corrected chi connectivity index (χ4v) is 2.34. The topological polar surface area (TPSA) is 54.9 Å². The van der Waals surface area contributed by atoms with Crippen LogP contribution in [0.15, 0.2) is 24.5 Å².